The minimum absolute atomic E-state index is 0.867. The molecule has 0 spiro atoms. The van der Waals surface area contributed by atoms with Crippen LogP contribution in [0.3, 0.4) is 0 Å². The SMILES string of the molecule is C=Cc1ncc2ccc(Br)cn12. The zero-order valence-electron chi connectivity index (χ0n) is 6.37. The standard InChI is InChI=1S/C9H7BrN2/c1-2-9-11-5-8-4-3-7(10)6-12(8)9/h2-6H,1H2. The molecule has 0 aromatic carbocycles. The van der Waals surface area contributed by atoms with Gasteiger partial charge in [-0.15, -0.1) is 0 Å². The van der Waals surface area contributed by atoms with Crippen molar-refractivity contribution in [1.29, 1.82) is 0 Å². The van der Waals surface area contributed by atoms with Crippen LogP contribution in [0.25, 0.3) is 11.6 Å². The summed E-state index contributed by atoms with van der Waals surface area (Å²) in [5.74, 6) is 0.867. The van der Waals surface area contributed by atoms with Gasteiger partial charge in [0.15, 0.2) is 0 Å². The maximum absolute atomic E-state index is 4.18. The molecule has 2 aromatic rings. The molecule has 2 aromatic heterocycles. The zero-order chi connectivity index (χ0) is 8.55. The second kappa shape index (κ2) is 2.75. The van der Waals surface area contributed by atoms with Crippen LogP contribution in [0.5, 0.6) is 0 Å². The summed E-state index contributed by atoms with van der Waals surface area (Å²) in [7, 11) is 0. The molecular formula is C9H7BrN2. The van der Waals surface area contributed by atoms with Crippen molar-refractivity contribution in [2.45, 2.75) is 0 Å². The molecule has 60 valence electrons. The number of nitrogens with zero attached hydrogens (tertiary/aromatic N) is 2. The molecule has 0 aliphatic rings. The van der Waals surface area contributed by atoms with Crippen LogP contribution in [0.1, 0.15) is 5.82 Å². The molecule has 0 bridgehead atoms. The van der Waals surface area contributed by atoms with E-state index in [1.54, 1.807) is 6.08 Å². The van der Waals surface area contributed by atoms with Gasteiger partial charge < -0.3 is 0 Å². The summed E-state index contributed by atoms with van der Waals surface area (Å²) in [5, 5.41) is 0. The summed E-state index contributed by atoms with van der Waals surface area (Å²) in [5.41, 5.74) is 1.08. The number of halogens is 1. The molecule has 0 aliphatic heterocycles. The van der Waals surface area contributed by atoms with Crippen molar-refractivity contribution in [3.8, 4) is 0 Å². The first kappa shape index (κ1) is 7.55. The maximum atomic E-state index is 4.18. The first-order valence-corrected chi connectivity index (χ1v) is 4.35. The van der Waals surface area contributed by atoms with E-state index >= 15 is 0 Å². The highest BCUT2D eigenvalue weighted by atomic mass is 79.9. The highest BCUT2D eigenvalue weighted by molar-refractivity contribution is 9.10. The average molecular weight is 223 g/mol. The van der Waals surface area contributed by atoms with Gasteiger partial charge >= 0.3 is 0 Å². The van der Waals surface area contributed by atoms with E-state index in [-0.39, 0.29) is 0 Å². The summed E-state index contributed by atoms with van der Waals surface area (Å²) >= 11 is 3.40. The lowest BCUT2D eigenvalue weighted by atomic mass is 10.4. The van der Waals surface area contributed by atoms with E-state index in [4.69, 9.17) is 0 Å². The fraction of sp³-hybridized carbons (Fsp3) is 0. The van der Waals surface area contributed by atoms with Crippen LogP contribution in [-0.4, -0.2) is 9.38 Å². The van der Waals surface area contributed by atoms with Gasteiger partial charge in [-0.3, -0.25) is 4.40 Å². The Labute approximate surface area is 78.7 Å². The topological polar surface area (TPSA) is 17.3 Å². The molecule has 0 atom stereocenters. The minimum atomic E-state index is 0.867. The Morgan fingerprint density at radius 3 is 3.08 bits per heavy atom. The molecular weight excluding hydrogens is 216 g/mol. The van der Waals surface area contributed by atoms with Crippen molar-refractivity contribution >= 4 is 27.5 Å². The number of fused-ring (bicyclic) bond motifs is 1. The Morgan fingerprint density at radius 2 is 2.33 bits per heavy atom. The van der Waals surface area contributed by atoms with Crippen LogP contribution < -0.4 is 0 Å². The molecule has 0 saturated heterocycles. The molecule has 0 amide bonds. The Hall–Kier alpha value is -1.09. The van der Waals surface area contributed by atoms with Gasteiger partial charge in [-0.05, 0) is 34.1 Å². The summed E-state index contributed by atoms with van der Waals surface area (Å²) in [4.78, 5) is 4.18. The average Bonchev–Trinajstić information content (AvgIpc) is 2.46. The van der Waals surface area contributed by atoms with E-state index in [2.05, 4.69) is 27.5 Å². The number of hydrogen-bond donors (Lipinski definition) is 0. The van der Waals surface area contributed by atoms with Crippen LogP contribution in [0.2, 0.25) is 0 Å². The molecule has 2 rings (SSSR count). The van der Waals surface area contributed by atoms with Crippen molar-refractivity contribution in [3.63, 3.8) is 0 Å². The van der Waals surface area contributed by atoms with Gasteiger partial charge in [-0.25, -0.2) is 4.98 Å². The van der Waals surface area contributed by atoms with Gasteiger partial charge in [-0.2, -0.15) is 0 Å². The third-order valence-electron chi connectivity index (χ3n) is 1.70. The Bertz CT molecular complexity index is 431. The van der Waals surface area contributed by atoms with E-state index in [0.717, 1.165) is 15.8 Å². The van der Waals surface area contributed by atoms with Gasteiger partial charge in [0.2, 0.25) is 0 Å². The summed E-state index contributed by atoms with van der Waals surface area (Å²) in [6, 6.07) is 3.99. The molecule has 0 unspecified atom stereocenters. The van der Waals surface area contributed by atoms with Crippen molar-refractivity contribution in [1.82, 2.24) is 9.38 Å². The van der Waals surface area contributed by atoms with E-state index < -0.39 is 0 Å². The molecule has 0 fully saturated rings. The zero-order valence-corrected chi connectivity index (χ0v) is 7.95. The predicted octanol–water partition coefficient (Wildman–Crippen LogP) is 2.74. The molecule has 12 heavy (non-hydrogen) atoms. The second-order valence-corrected chi connectivity index (χ2v) is 3.38. The van der Waals surface area contributed by atoms with Gasteiger partial charge in [0.25, 0.3) is 0 Å². The van der Waals surface area contributed by atoms with E-state index in [1.807, 2.05) is 28.9 Å². The van der Waals surface area contributed by atoms with Crippen molar-refractivity contribution in [2.24, 2.45) is 0 Å². The molecule has 3 heteroatoms. The first-order valence-electron chi connectivity index (χ1n) is 3.56. The lowest BCUT2D eigenvalue weighted by molar-refractivity contribution is 1.12. The molecule has 0 aliphatic carbocycles. The van der Waals surface area contributed by atoms with Crippen molar-refractivity contribution in [2.75, 3.05) is 0 Å². The van der Waals surface area contributed by atoms with Gasteiger partial charge in [0.05, 0.1) is 11.7 Å². The number of rotatable bonds is 1. The molecule has 0 N–H and O–H groups in total. The summed E-state index contributed by atoms with van der Waals surface area (Å²) < 4.78 is 3.02. The number of pyridine rings is 1. The van der Waals surface area contributed by atoms with Crippen LogP contribution in [0.15, 0.2) is 35.6 Å². The van der Waals surface area contributed by atoms with Gasteiger partial charge in [0, 0.05) is 10.7 Å². The fourth-order valence-corrected chi connectivity index (χ4v) is 1.47. The third-order valence-corrected chi connectivity index (χ3v) is 2.17. The normalized spacial score (nSPS) is 10.4. The summed E-state index contributed by atoms with van der Waals surface area (Å²) in [6.07, 6.45) is 5.53. The highest BCUT2D eigenvalue weighted by Gasteiger charge is 1.98. The van der Waals surface area contributed by atoms with E-state index in [9.17, 15) is 0 Å². The lowest BCUT2D eigenvalue weighted by Gasteiger charge is -1.96. The lowest BCUT2D eigenvalue weighted by Crippen LogP contribution is -1.86. The third kappa shape index (κ3) is 1.06. The second-order valence-electron chi connectivity index (χ2n) is 2.46. The quantitative estimate of drug-likeness (QED) is 0.726. The molecule has 0 radical (unpaired) electrons. The smallest absolute Gasteiger partial charge is 0.136 e. The van der Waals surface area contributed by atoms with E-state index in [0.29, 0.717) is 0 Å². The Kier molecular flexibility index (Phi) is 1.73. The highest BCUT2D eigenvalue weighted by Crippen LogP contribution is 2.13. The Morgan fingerprint density at radius 1 is 1.50 bits per heavy atom. The largest absolute Gasteiger partial charge is 0.299 e. The monoisotopic (exact) mass is 222 g/mol. The fourth-order valence-electron chi connectivity index (χ4n) is 1.14. The first-order chi connectivity index (χ1) is 5.81. The van der Waals surface area contributed by atoms with Gasteiger partial charge in [0.1, 0.15) is 5.82 Å². The van der Waals surface area contributed by atoms with Crippen LogP contribution in [0, 0.1) is 0 Å². The predicted molar refractivity (Wildman–Crippen MR) is 53.0 cm³/mol. The number of aromatic nitrogens is 2. The summed E-state index contributed by atoms with van der Waals surface area (Å²) in [6.45, 7) is 3.68. The number of imidazole rings is 1. The molecule has 2 nitrogen and oxygen atoms in total. The number of hydrogen-bond acceptors (Lipinski definition) is 1. The van der Waals surface area contributed by atoms with Gasteiger partial charge in [-0.1, -0.05) is 6.58 Å². The molecule has 2 heterocycles. The van der Waals surface area contributed by atoms with Crippen LogP contribution in [-0.2, 0) is 0 Å². The van der Waals surface area contributed by atoms with Crippen LogP contribution >= 0.6 is 15.9 Å². The minimum Gasteiger partial charge on any atom is -0.299 e. The Balaban J connectivity index is 2.83. The molecule has 0 saturated carbocycles. The van der Waals surface area contributed by atoms with Crippen LogP contribution in [0.4, 0.5) is 0 Å². The van der Waals surface area contributed by atoms with Crippen molar-refractivity contribution in [3.05, 3.63) is 41.4 Å². The maximum Gasteiger partial charge on any atom is 0.136 e. The van der Waals surface area contributed by atoms with E-state index in [1.165, 1.54) is 0 Å². The van der Waals surface area contributed by atoms with Crippen molar-refractivity contribution < 1.29 is 0 Å².